The Morgan fingerprint density at radius 1 is 1.89 bits per heavy atom. The third kappa shape index (κ3) is 1.07. The first-order valence-electron chi connectivity index (χ1n) is 2.35. The molecule has 0 atom stereocenters. The lowest BCUT2D eigenvalue weighted by molar-refractivity contribution is -0.674. The summed E-state index contributed by atoms with van der Waals surface area (Å²) in [7, 11) is 1.41. The van der Waals surface area contributed by atoms with Crippen molar-refractivity contribution in [2.75, 3.05) is 7.11 Å². The fourth-order valence-electron chi connectivity index (χ4n) is 0.454. The minimum absolute atomic E-state index is 0.175. The van der Waals surface area contributed by atoms with E-state index in [4.69, 9.17) is 0 Å². The first-order valence-corrected chi connectivity index (χ1v) is 2.35. The van der Waals surface area contributed by atoms with Crippen molar-refractivity contribution in [1.82, 2.24) is 5.10 Å². The van der Waals surface area contributed by atoms with Crippen LogP contribution in [0.5, 0.6) is 5.88 Å². The zero-order chi connectivity index (χ0) is 6.69. The average molecular weight is 125 g/mol. The van der Waals surface area contributed by atoms with Gasteiger partial charge < -0.3 is 9.94 Å². The second-order valence-corrected chi connectivity index (χ2v) is 1.38. The largest absolute Gasteiger partial charge is 0.591 e. The number of hydrogen-bond acceptors (Lipinski definition) is 3. The molecule has 1 rings (SSSR count). The predicted molar refractivity (Wildman–Crippen MR) is 28.6 cm³/mol. The number of methoxy groups -OCH3 is 1. The van der Waals surface area contributed by atoms with Crippen molar-refractivity contribution in [3.8, 4) is 5.88 Å². The van der Waals surface area contributed by atoms with Gasteiger partial charge in [-0.15, -0.1) is 0 Å². The molecule has 1 aromatic heterocycles. The number of hydrogen-bond donors (Lipinski definition) is 0. The van der Waals surface area contributed by atoms with Crippen molar-refractivity contribution in [3.63, 3.8) is 0 Å². The van der Waals surface area contributed by atoms with Gasteiger partial charge in [0.25, 0.3) is 0 Å². The molecule has 0 bridgehead atoms. The van der Waals surface area contributed by atoms with Crippen LogP contribution >= 0.6 is 0 Å². The van der Waals surface area contributed by atoms with E-state index in [2.05, 4.69) is 16.0 Å². The SMILES string of the molecule is COc1cc[c]n[n+]1[O-]. The van der Waals surface area contributed by atoms with Crippen molar-refractivity contribution in [3.05, 3.63) is 23.5 Å². The molecule has 1 aromatic rings. The van der Waals surface area contributed by atoms with Gasteiger partial charge in [-0.25, -0.2) is 0 Å². The van der Waals surface area contributed by atoms with Crippen LogP contribution in [0.3, 0.4) is 0 Å². The van der Waals surface area contributed by atoms with E-state index in [1.54, 1.807) is 0 Å². The molecule has 1 radical (unpaired) electrons. The second-order valence-electron chi connectivity index (χ2n) is 1.38. The Bertz CT molecular complexity index is 202. The van der Waals surface area contributed by atoms with Crippen LogP contribution < -0.4 is 9.58 Å². The highest BCUT2D eigenvalue weighted by Gasteiger charge is 2.00. The van der Waals surface area contributed by atoms with Gasteiger partial charge in [0, 0.05) is 5.10 Å². The summed E-state index contributed by atoms with van der Waals surface area (Å²) in [5, 5.41) is 13.8. The highest BCUT2D eigenvalue weighted by atomic mass is 16.6. The van der Waals surface area contributed by atoms with Crippen LogP contribution in [-0.4, -0.2) is 12.2 Å². The molecule has 0 saturated carbocycles. The Hall–Kier alpha value is -1.32. The molecule has 0 unspecified atom stereocenters. The Morgan fingerprint density at radius 2 is 2.67 bits per heavy atom. The third-order valence-corrected chi connectivity index (χ3v) is 0.847. The molecule has 1 heterocycles. The fraction of sp³-hybridized carbons (Fsp3) is 0.200. The zero-order valence-corrected chi connectivity index (χ0v) is 4.87. The summed E-state index contributed by atoms with van der Waals surface area (Å²) in [6, 6.07) is 2.99. The van der Waals surface area contributed by atoms with Crippen molar-refractivity contribution >= 4 is 0 Å². The molecule has 0 aliphatic rings. The van der Waals surface area contributed by atoms with Crippen LogP contribution in [0.25, 0.3) is 0 Å². The van der Waals surface area contributed by atoms with Crippen molar-refractivity contribution in [2.45, 2.75) is 0 Å². The van der Waals surface area contributed by atoms with E-state index < -0.39 is 0 Å². The van der Waals surface area contributed by atoms with Crippen LogP contribution in [0, 0.1) is 11.4 Å². The van der Waals surface area contributed by atoms with E-state index in [1.807, 2.05) is 0 Å². The van der Waals surface area contributed by atoms with Crippen molar-refractivity contribution < 1.29 is 9.58 Å². The van der Waals surface area contributed by atoms with E-state index in [9.17, 15) is 5.21 Å². The topological polar surface area (TPSA) is 49.1 Å². The minimum Gasteiger partial charge on any atom is -0.591 e. The molecule has 4 heteroatoms. The quantitative estimate of drug-likeness (QED) is 0.376. The lowest BCUT2D eigenvalue weighted by Crippen LogP contribution is -2.32. The molecule has 0 aliphatic carbocycles. The molecule has 0 aliphatic heterocycles. The molecule has 0 spiro atoms. The molecule has 4 nitrogen and oxygen atoms in total. The Balaban J connectivity index is 3.01. The van der Waals surface area contributed by atoms with Gasteiger partial charge in [-0.2, -0.15) is 0 Å². The van der Waals surface area contributed by atoms with Crippen molar-refractivity contribution in [1.29, 1.82) is 0 Å². The lowest BCUT2D eigenvalue weighted by atomic mass is 10.6. The third-order valence-electron chi connectivity index (χ3n) is 0.847. The maximum Gasteiger partial charge on any atom is 0.405 e. The van der Waals surface area contributed by atoms with E-state index >= 15 is 0 Å². The Labute approximate surface area is 52.3 Å². The summed E-state index contributed by atoms with van der Waals surface area (Å²) in [6.07, 6.45) is 2.36. The van der Waals surface area contributed by atoms with Gasteiger partial charge in [-0.1, -0.05) is 0 Å². The molecule has 0 N–H and O–H groups in total. The molecule has 0 fully saturated rings. The summed E-state index contributed by atoms with van der Waals surface area (Å²) >= 11 is 0. The molecule has 0 saturated heterocycles. The zero-order valence-electron chi connectivity index (χ0n) is 4.87. The highest BCUT2D eigenvalue weighted by Crippen LogP contribution is 1.95. The molecule has 0 aromatic carbocycles. The number of aromatic nitrogens is 2. The van der Waals surface area contributed by atoms with Crippen LogP contribution in [0.1, 0.15) is 0 Å². The van der Waals surface area contributed by atoms with Gasteiger partial charge in [0.1, 0.15) is 0 Å². The van der Waals surface area contributed by atoms with Gasteiger partial charge in [0.2, 0.25) is 0 Å². The summed E-state index contributed by atoms with van der Waals surface area (Å²) < 4.78 is 4.61. The molecular weight excluding hydrogens is 120 g/mol. The van der Waals surface area contributed by atoms with Crippen LogP contribution in [-0.2, 0) is 0 Å². The average Bonchev–Trinajstić information content (AvgIpc) is 1.89. The lowest BCUT2D eigenvalue weighted by Gasteiger charge is -1.95. The van der Waals surface area contributed by atoms with Crippen molar-refractivity contribution in [2.24, 2.45) is 0 Å². The smallest absolute Gasteiger partial charge is 0.405 e. The monoisotopic (exact) mass is 125 g/mol. The molecule has 47 valence electrons. The highest BCUT2D eigenvalue weighted by molar-refractivity contribution is 4.98. The van der Waals surface area contributed by atoms with E-state index in [0.717, 1.165) is 0 Å². The maximum absolute atomic E-state index is 10.5. The second kappa shape index (κ2) is 2.30. The van der Waals surface area contributed by atoms with E-state index in [0.29, 0.717) is 4.85 Å². The minimum atomic E-state index is 0.175. The standard InChI is InChI=1S/C5H5N2O2/c1-9-5-3-2-4-6-7(5)8/h2-3H,1H3. The summed E-state index contributed by atoms with van der Waals surface area (Å²) in [5.74, 6) is 0.175. The number of rotatable bonds is 1. The Kier molecular flexibility index (Phi) is 1.48. The van der Waals surface area contributed by atoms with Crippen LogP contribution in [0.15, 0.2) is 12.1 Å². The van der Waals surface area contributed by atoms with E-state index in [-0.39, 0.29) is 5.88 Å². The van der Waals surface area contributed by atoms with Crippen LogP contribution in [0.4, 0.5) is 0 Å². The van der Waals surface area contributed by atoms with Gasteiger partial charge in [0.05, 0.1) is 13.2 Å². The molecule has 0 amide bonds. The normalized spacial score (nSPS) is 9.00. The first kappa shape index (κ1) is 5.81. The molecular formula is C5H5N2O2. The number of ether oxygens (including phenoxy) is 1. The first-order chi connectivity index (χ1) is 4.34. The van der Waals surface area contributed by atoms with Gasteiger partial charge >= 0.3 is 5.88 Å². The predicted octanol–water partition coefficient (Wildman–Crippen LogP) is -0.476. The summed E-state index contributed by atoms with van der Waals surface area (Å²) in [5.41, 5.74) is 0. The van der Waals surface area contributed by atoms with Gasteiger partial charge in [-0.3, -0.25) is 0 Å². The Morgan fingerprint density at radius 3 is 3.11 bits per heavy atom. The maximum atomic E-state index is 10.5. The fourth-order valence-corrected chi connectivity index (χ4v) is 0.454. The van der Waals surface area contributed by atoms with E-state index in [1.165, 1.54) is 19.2 Å². The summed E-state index contributed by atoms with van der Waals surface area (Å²) in [4.78, 5) is 0.361. The van der Waals surface area contributed by atoms with Gasteiger partial charge in [0.15, 0.2) is 6.20 Å². The summed E-state index contributed by atoms with van der Waals surface area (Å²) in [6.45, 7) is 0. The number of nitrogens with zero attached hydrogens (tertiary/aromatic N) is 2. The van der Waals surface area contributed by atoms with Gasteiger partial charge in [-0.05, 0) is 10.9 Å². The molecule has 9 heavy (non-hydrogen) atoms. The van der Waals surface area contributed by atoms with Crippen LogP contribution in [0.2, 0.25) is 0 Å².